The Morgan fingerprint density at radius 1 is 0.931 bits per heavy atom. The van der Waals surface area contributed by atoms with Crippen LogP contribution in [0.5, 0.6) is 0 Å². The van der Waals surface area contributed by atoms with E-state index in [4.69, 9.17) is 4.74 Å². The molecule has 1 aromatic carbocycles. The van der Waals surface area contributed by atoms with E-state index in [0.717, 1.165) is 43.9 Å². The van der Waals surface area contributed by atoms with Crippen LogP contribution in [-0.4, -0.2) is 60.1 Å². The minimum atomic E-state index is -0.732. The summed E-state index contributed by atoms with van der Waals surface area (Å²) in [6, 6.07) is 2.92. The van der Waals surface area contributed by atoms with E-state index in [1.54, 1.807) is 4.90 Å². The minimum absolute atomic E-state index is 0.0994. The molecule has 0 unspecified atom stereocenters. The maximum atomic E-state index is 13.3. The van der Waals surface area contributed by atoms with Crippen LogP contribution in [0.1, 0.15) is 38.5 Å². The van der Waals surface area contributed by atoms with Crippen LogP contribution in [0.2, 0.25) is 0 Å². The van der Waals surface area contributed by atoms with E-state index in [1.165, 1.54) is 0 Å². The van der Waals surface area contributed by atoms with Gasteiger partial charge in [0.25, 0.3) is 0 Å². The first kappa shape index (κ1) is 20.1. The van der Waals surface area contributed by atoms with Crippen molar-refractivity contribution in [1.82, 2.24) is 9.80 Å². The fraction of sp³-hybridized carbons (Fsp3) is 0.619. The molecule has 158 valence electrons. The van der Waals surface area contributed by atoms with Crippen LogP contribution >= 0.6 is 0 Å². The number of hydrogen-bond acceptors (Lipinski definition) is 3. The smallest absolute Gasteiger partial charge is 0.321 e. The van der Waals surface area contributed by atoms with E-state index in [2.05, 4.69) is 10.2 Å². The normalized spacial score (nSPS) is 21.1. The Kier molecular flexibility index (Phi) is 5.99. The highest BCUT2D eigenvalue weighted by molar-refractivity contribution is 5.89. The topological polar surface area (TPSA) is 61.9 Å². The van der Waals surface area contributed by atoms with Gasteiger partial charge in [-0.15, -0.1) is 0 Å². The summed E-state index contributed by atoms with van der Waals surface area (Å²) in [6.45, 7) is 2.38. The molecule has 1 saturated carbocycles. The Bertz CT molecular complexity index is 737. The van der Waals surface area contributed by atoms with E-state index in [-0.39, 0.29) is 35.6 Å². The van der Waals surface area contributed by atoms with Gasteiger partial charge in [0.05, 0.1) is 0 Å². The van der Waals surface area contributed by atoms with Crippen molar-refractivity contribution in [2.75, 3.05) is 31.6 Å². The van der Waals surface area contributed by atoms with Gasteiger partial charge in [0.15, 0.2) is 0 Å². The lowest BCUT2D eigenvalue weighted by Gasteiger charge is -2.43. The first-order chi connectivity index (χ1) is 14.0. The van der Waals surface area contributed by atoms with Gasteiger partial charge in [-0.2, -0.15) is 0 Å². The highest BCUT2D eigenvalue weighted by Crippen LogP contribution is 2.35. The number of carbonyl (C=O) groups excluding carboxylic acids is 2. The molecule has 0 bridgehead atoms. The number of piperidine rings is 1. The SMILES string of the molecule is O=C(Nc1cc(F)cc(F)c1)N1CCC(N(C(=O)C2CC2)C2CCOCC2)CC1. The number of anilines is 1. The van der Waals surface area contributed by atoms with Crippen molar-refractivity contribution < 1.29 is 23.1 Å². The van der Waals surface area contributed by atoms with E-state index in [1.807, 2.05) is 0 Å². The number of urea groups is 1. The van der Waals surface area contributed by atoms with Crippen LogP contribution in [0, 0.1) is 17.6 Å². The van der Waals surface area contributed by atoms with Crippen LogP contribution in [0.3, 0.4) is 0 Å². The second kappa shape index (κ2) is 8.65. The molecular formula is C21H27F2N3O3. The van der Waals surface area contributed by atoms with Crippen molar-refractivity contribution in [3.63, 3.8) is 0 Å². The molecule has 3 aliphatic rings. The van der Waals surface area contributed by atoms with Crippen LogP contribution in [0.15, 0.2) is 18.2 Å². The Labute approximate surface area is 169 Å². The molecular weight excluding hydrogens is 380 g/mol. The molecule has 8 heteroatoms. The highest BCUT2D eigenvalue weighted by Gasteiger charge is 2.41. The van der Waals surface area contributed by atoms with E-state index in [9.17, 15) is 18.4 Å². The second-order valence-corrected chi connectivity index (χ2v) is 8.17. The zero-order valence-electron chi connectivity index (χ0n) is 16.4. The summed E-state index contributed by atoms with van der Waals surface area (Å²) < 4.78 is 32.1. The molecule has 1 N–H and O–H groups in total. The molecule has 4 rings (SSSR count). The van der Waals surface area contributed by atoms with E-state index < -0.39 is 11.6 Å². The van der Waals surface area contributed by atoms with Crippen LogP contribution in [0.25, 0.3) is 0 Å². The summed E-state index contributed by atoms with van der Waals surface area (Å²) in [5.41, 5.74) is 0.0994. The molecule has 1 aromatic rings. The van der Waals surface area contributed by atoms with Gasteiger partial charge in [-0.25, -0.2) is 13.6 Å². The zero-order valence-corrected chi connectivity index (χ0v) is 16.4. The number of nitrogens with one attached hydrogen (secondary N) is 1. The molecule has 0 atom stereocenters. The van der Waals surface area contributed by atoms with Gasteiger partial charge in [-0.1, -0.05) is 0 Å². The fourth-order valence-corrected chi connectivity index (χ4v) is 4.34. The molecule has 29 heavy (non-hydrogen) atoms. The maximum absolute atomic E-state index is 13.3. The van der Waals surface area contributed by atoms with E-state index >= 15 is 0 Å². The molecule has 1 aliphatic carbocycles. The zero-order chi connectivity index (χ0) is 20.4. The minimum Gasteiger partial charge on any atom is -0.381 e. The largest absolute Gasteiger partial charge is 0.381 e. The average Bonchev–Trinajstić information content (AvgIpc) is 3.54. The fourth-order valence-electron chi connectivity index (χ4n) is 4.34. The predicted molar refractivity (Wildman–Crippen MR) is 103 cm³/mol. The third-order valence-corrected chi connectivity index (χ3v) is 6.02. The monoisotopic (exact) mass is 407 g/mol. The molecule has 6 nitrogen and oxygen atoms in total. The van der Waals surface area contributed by atoms with Crippen molar-refractivity contribution in [2.24, 2.45) is 5.92 Å². The lowest BCUT2D eigenvalue weighted by molar-refractivity contribution is -0.141. The number of likely N-dealkylation sites (tertiary alicyclic amines) is 1. The van der Waals surface area contributed by atoms with Crippen molar-refractivity contribution in [2.45, 2.75) is 50.6 Å². The van der Waals surface area contributed by atoms with Crippen molar-refractivity contribution >= 4 is 17.6 Å². The molecule has 3 amide bonds. The Morgan fingerprint density at radius 3 is 2.10 bits per heavy atom. The number of nitrogens with zero attached hydrogens (tertiary/aromatic N) is 2. The Hall–Kier alpha value is -2.22. The number of carbonyl (C=O) groups is 2. The summed E-state index contributed by atoms with van der Waals surface area (Å²) >= 11 is 0. The van der Waals surface area contributed by atoms with Gasteiger partial charge in [0, 0.05) is 56.1 Å². The lowest BCUT2D eigenvalue weighted by Crippen LogP contribution is -2.54. The summed E-state index contributed by atoms with van der Waals surface area (Å²) in [5.74, 6) is -1.04. The maximum Gasteiger partial charge on any atom is 0.321 e. The summed E-state index contributed by atoms with van der Waals surface area (Å²) in [4.78, 5) is 29.2. The quantitative estimate of drug-likeness (QED) is 0.832. The summed E-state index contributed by atoms with van der Waals surface area (Å²) in [6.07, 6.45) is 5.10. The van der Waals surface area contributed by atoms with Crippen LogP contribution in [0.4, 0.5) is 19.3 Å². The average molecular weight is 407 g/mol. The number of amides is 3. The molecule has 0 spiro atoms. The molecule has 3 fully saturated rings. The second-order valence-electron chi connectivity index (χ2n) is 8.17. The van der Waals surface area contributed by atoms with Gasteiger partial charge >= 0.3 is 6.03 Å². The van der Waals surface area contributed by atoms with Gasteiger partial charge in [0.1, 0.15) is 11.6 Å². The molecule has 2 aliphatic heterocycles. The third-order valence-electron chi connectivity index (χ3n) is 6.02. The predicted octanol–water partition coefficient (Wildman–Crippen LogP) is 3.38. The first-order valence-electron chi connectivity index (χ1n) is 10.4. The summed E-state index contributed by atoms with van der Waals surface area (Å²) in [7, 11) is 0. The lowest BCUT2D eigenvalue weighted by atomic mass is 9.97. The number of halogens is 2. The highest BCUT2D eigenvalue weighted by atomic mass is 19.1. The molecule has 2 heterocycles. The molecule has 0 radical (unpaired) electrons. The van der Waals surface area contributed by atoms with Gasteiger partial charge < -0.3 is 19.9 Å². The first-order valence-corrected chi connectivity index (χ1v) is 10.4. The number of benzene rings is 1. The van der Waals surface area contributed by atoms with E-state index in [0.29, 0.717) is 39.1 Å². The standard InChI is InChI=1S/C21H27F2N3O3/c22-15-11-16(23)13-17(12-15)24-21(28)25-7-3-18(4-8-25)26(20(27)14-1-2-14)19-5-9-29-10-6-19/h11-14,18-19H,1-10H2,(H,24,28). The van der Waals surface area contributed by atoms with Crippen LogP contribution in [-0.2, 0) is 9.53 Å². The van der Waals surface area contributed by atoms with Crippen molar-refractivity contribution in [1.29, 1.82) is 0 Å². The Balaban J connectivity index is 1.36. The van der Waals surface area contributed by atoms with Crippen molar-refractivity contribution in [3.05, 3.63) is 29.8 Å². The third kappa shape index (κ3) is 4.86. The molecule has 0 aromatic heterocycles. The van der Waals surface area contributed by atoms with Gasteiger partial charge in [-0.05, 0) is 50.7 Å². The summed E-state index contributed by atoms with van der Waals surface area (Å²) in [5, 5.41) is 2.56. The van der Waals surface area contributed by atoms with Crippen LogP contribution < -0.4 is 5.32 Å². The number of rotatable bonds is 4. The van der Waals surface area contributed by atoms with Gasteiger partial charge in [-0.3, -0.25) is 4.79 Å². The molecule has 2 saturated heterocycles. The van der Waals surface area contributed by atoms with Crippen molar-refractivity contribution in [3.8, 4) is 0 Å². The number of ether oxygens (including phenoxy) is 1. The number of hydrogen-bond donors (Lipinski definition) is 1. The Morgan fingerprint density at radius 2 is 1.52 bits per heavy atom. The van der Waals surface area contributed by atoms with Gasteiger partial charge in [0.2, 0.25) is 5.91 Å².